The molecule has 1 aliphatic heterocycles. The highest BCUT2D eigenvalue weighted by atomic mass is 15.2. The first kappa shape index (κ1) is 13.1. The SMILES string of the molecule is CC(C)CN1CCC(N)C1c1cccc(C2CC2)c1. The van der Waals surface area contributed by atoms with Crippen molar-refractivity contribution < 1.29 is 0 Å². The summed E-state index contributed by atoms with van der Waals surface area (Å²) in [4.78, 5) is 2.58. The molecule has 2 nitrogen and oxygen atoms in total. The van der Waals surface area contributed by atoms with E-state index in [9.17, 15) is 0 Å². The smallest absolute Gasteiger partial charge is 0.0499 e. The van der Waals surface area contributed by atoms with Crippen LogP contribution in [0.1, 0.15) is 56.2 Å². The summed E-state index contributed by atoms with van der Waals surface area (Å²) in [6, 6.07) is 9.93. The van der Waals surface area contributed by atoms with Gasteiger partial charge in [-0.15, -0.1) is 0 Å². The van der Waals surface area contributed by atoms with Crippen LogP contribution in [0.5, 0.6) is 0 Å². The van der Waals surface area contributed by atoms with Crippen LogP contribution in [0.2, 0.25) is 0 Å². The summed E-state index contributed by atoms with van der Waals surface area (Å²) in [5.41, 5.74) is 9.35. The number of hydrogen-bond donors (Lipinski definition) is 1. The van der Waals surface area contributed by atoms with Crippen molar-refractivity contribution in [2.45, 2.75) is 51.1 Å². The number of nitrogens with two attached hydrogens (primary N) is 1. The van der Waals surface area contributed by atoms with Crippen LogP contribution in [0.15, 0.2) is 24.3 Å². The molecule has 0 bridgehead atoms. The second kappa shape index (κ2) is 5.26. The summed E-state index contributed by atoms with van der Waals surface area (Å²) in [6.45, 7) is 6.90. The minimum atomic E-state index is 0.299. The van der Waals surface area contributed by atoms with Gasteiger partial charge in [-0.25, -0.2) is 0 Å². The van der Waals surface area contributed by atoms with Gasteiger partial charge in [0, 0.05) is 25.2 Å². The van der Waals surface area contributed by atoms with Gasteiger partial charge in [-0.05, 0) is 42.2 Å². The Hall–Kier alpha value is -0.860. The van der Waals surface area contributed by atoms with Gasteiger partial charge in [-0.2, -0.15) is 0 Å². The van der Waals surface area contributed by atoms with Crippen LogP contribution in [0, 0.1) is 5.92 Å². The van der Waals surface area contributed by atoms with E-state index < -0.39 is 0 Å². The molecule has 19 heavy (non-hydrogen) atoms. The van der Waals surface area contributed by atoms with E-state index in [4.69, 9.17) is 5.73 Å². The van der Waals surface area contributed by atoms with Gasteiger partial charge in [0.05, 0.1) is 0 Å². The lowest BCUT2D eigenvalue weighted by molar-refractivity contribution is 0.221. The van der Waals surface area contributed by atoms with Crippen molar-refractivity contribution in [1.29, 1.82) is 0 Å². The van der Waals surface area contributed by atoms with E-state index in [2.05, 4.69) is 43.0 Å². The van der Waals surface area contributed by atoms with Crippen LogP contribution in [0.4, 0.5) is 0 Å². The van der Waals surface area contributed by atoms with E-state index in [1.165, 1.54) is 24.0 Å². The molecule has 2 aliphatic rings. The Morgan fingerprint density at radius 3 is 2.63 bits per heavy atom. The fraction of sp³-hybridized carbons (Fsp3) is 0.647. The lowest BCUT2D eigenvalue weighted by Gasteiger charge is -2.29. The molecule has 0 amide bonds. The molecule has 1 aliphatic carbocycles. The molecule has 2 unspecified atom stereocenters. The van der Waals surface area contributed by atoms with Gasteiger partial charge in [-0.3, -0.25) is 4.90 Å². The van der Waals surface area contributed by atoms with E-state index in [0.717, 1.165) is 25.4 Å². The minimum absolute atomic E-state index is 0.299. The zero-order valence-corrected chi connectivity index (χ0v) is 12.2. The maximum absolute atomic E-state index is 6.38. The van der Waals surface area contributed by atoms with Crippen LogP contribution >= 0.6 is 0 Å². The largest absolute Gasteiger partial charge is 0.326 e. The minimum Gasteiger partial charge on any atom is -0.326 e. The Morgan fingerprint density at radius 2 is 1.95 bits per heavy atom. The lowest BCUT2D eigenvalue weighted by Crippen LogP contribution is -2.34. The highest BCUT2D eigenvalue weighted by Crippen LogP contribution is 2.41. The Morgan fingerprint density at radius 1 is 1.21 bits per heavy atom. The first-order valence-corrected chi connectivity index (χ1v) is 7.74. The summed E-state index contributed by atoms with van der Waals surface area (Å²) in [5, 5.41) is 0. The van der Waals surface area contributed by atoms with Gasteiger partial charge < -0.3 is 5.73 Å². The third kappa shape index (κ3) is 2.85. The van der Waals surface area contributed by atoms with Crippen LogP contribution < -0.4 is 5.73 Å². The van der Waals surface area contributed by atoms with Crippen LogP contribution in [0.25, 0.3) is 0 Å². The fourth-order valence-electron chi connectivity index (χ4n) is 3.43. The molecular formula is C17H26N2. The summed E-state index contributed by atoms with van der Waals surface area (Å²) in [7, 11) is 0. The van der Waals surface area contributed by atoms with Gasteiger partial charge in [0.25, 0.3) is 0 Å². The average Bonchev–Trinajstić information content (AvgIpc) is 3.15. The van der Waals surface area contributed by atoms with Crippen LogP contribution in [0.3, 0.4) is 0 Å². The molecular weight excluding hydrogens is 232 g/mol. The molecule has 1 saturated heterocycles. The molecule has 0 aromatic heterocycles. The molecule has 2 N–H and O–H groups in total. The molecule has 3 rings (SSSR count). The van der Waals surface area contributed by atoms with Gasteiger partial charge in [-0.1, -0.05) is 38.1 Å². The quantitative estimate of drug-likeness (QED) is 0.898. The number of nitrogens with zero attached hydrogens (tertiary/aromatic N) is 1. The lowest BCUT2D eigenvalue weighted by atomic mass is 9.97. The Kier molecular flexibility index (Phi) is 3.64. The van der Waals surface area contributed by atoms with Gasteiger partial charge in [0.1, 0.15) is 0 Å². The topological polar surface area (TPSA) is 29.3 Å². The Labute approximate surface area is 117 Å². The van der Waals surface area contributed by atoms with Crippen molar-refractivity contribution in [1.82, 2.24) is 4.90 Å². The zero-order valence-electron chi connectivity index (χ0n) is 12.2. The van der Waals surface area contributed by atoms with E-state index >= 15 is 0 Å². The molecule has 2 atom stereocenters. The Bertz CT molecular complexity index is 437. The molecule has 0 spiro atoms. The van der Waals surface area contributed by atoms with Crippen molar-refractivity contribution >= 4 is 0 Å². The fourth-order valence-corrected chi connectivity index (χ4v) is 3.43. The Balaban J connectivity index is 1.83. The van der Waals surface area contributed by atoms with Crippen molar-refractivity contribution in [2.75, 3.05) is 13.1 Å². The normalized spacial score (nSPS) is 28.2. The summed E-state index contributed by atoms with van der Waals surface area (Å²) < 4.78 is 0. The molecule has 1 heterocycles. The molecule has 104 valence electrons. The van der Waals surface area contributed by atoms with Crippen LogP contribution in [-0.2, 0) is 0 Å². The second-order valence-corrected chi connectivity index (χ2v) is 6.73. The highest BCUT2D eigenvalue weighted by Gasteiger charge is 2.33. The van der Waals surface area contributed by atoms with Crippen molar-refractivity contribution in [3.8, 4) is 0 Å². The predicted octanol–water partition coefficient (Wildman–Crippen LogP) is 3.29. The van der Waals surface area contributed by atoms with Gasteiger partial charge in [0.2, 0.25) is 0 Å². The summed E-state index contributed by atoms with van der Waals surface area (Å²) in [5.74, 6) is 1.54. The third-order valence-corrected chi connectivity index (χ3v) is 4.45. The first-order chi connectivity index (χ1) is 9.15. The molecule has 2 fully saturated rings. The van der Waals surface area contributed by atoms with Gasteiger partial charge >= 0.3 is 0 Å². The maximum Gasteiger partial charge on any atom is 0.0499 e. The maximum atomic E-state index is 6.38. The molecule has 2 heteroatoms. The van der Waals surface area contributed by atoms with E-state index in [1.807, 2.05) is 0 Å². The number of benzene rings is 1. The standard InChI is InChI=1S/C17H26N2/c1-12(2)11-19-9-8-16(18)17(19)15-5-3-4-14(10-15)13-6-7-13/h3-5,10,12-13,16-17H,6-9,11,18H2,1-2H3. The third-order valence-electron chi connectivity index (χ3n) is 4.45. The number of hydrogen-bond acceptors (Lipinski definition) is 2. The zero-order chi connectivity index (χ0) is 13.4. The van der Waals surface area contributed by atoms with Crippen molar-refractivity contribution in [2.24, 2.45) is 11.7 Å². The first-order valence-electron chi connectivity index (χ1n) is 7.74. The highest BCUT2D eigenvalue weighted by molar-refractivity contribution is 5.32. The predicted molar refractivity (Wildman–Crippen MR) is 80.2 cm³/mol. The van der Waals surface area contributed by atoms with Crippen molar-refractivity contribution in [3.63, 3.8) is 0 Å². The van der Waals surface area contributed by atoms with E-state index in [-0.39, 0.29) is 0 Å². The molecule has 1 aromatic carbocycles. The molecule has 1 aromatic rings. The number of rotatable bonds is 4. The molecule has 1 saturated carbocycles. The summed E-state index contributed by atoms with van der Waals surface area (Å²) >= 11 is 0. The van der Waals surface area contributed by atoms with Crippen LogP contribution in [-0.4, -0.2) is 24.0 Å². The second-order valence-electron chi connectivity index (χ2n) is 6.73. The van der Waals surface area contributed by atoms with Gasteiger partial charge in [0.15, 0.2) is 0 Å². The summed E-state index contributed by atoms with van der Waals surface area (Å²) in [6.07, 6.45) is 3.87. The van der Waals surface area contributed by atoms with E-state index in [0.29, 0.717) is 18.0 Å². The van der Waals surface area contributed by atoms with E-state index in [1.54, 1.807) is 0 Å². The molecule has 0 radical (unpaired) electrons. The van der Waals surface area contributed by atoms with Crippen molar-refractivity contribution in [3.05, 3.63) is 35.4 Å². The number of likely N-dealkylation sites (tertiary alicyclic amines) is 1. The average molecular weight is 258 g/mol. The monoisotopic (exact) mass is 258 g/mol.